The zero-order chi connectivity index (χ0) is 33.1. The third kappa shape index (κ3) is 8.92. The number of hydrogen-bond donors (Lipinski definition) is 1. The van der Waals surface area contributed by atoms with E-state index in [0.29, 0.717) is 61.5 Å². The van der Waals surface area contributed by atoms with Crippen molar-refractivity contribution in [1.29, 1.82) is 0 Å². The number of carbonyl (C=O) groups excluding carboxylic acids is 2. The maximum Gasteiger partial charge on any atom is 0.416 e. The van der Waals surface area contributed by atoms with Crippen LogP contribution in [0.25, 0.3) is 0 Å². The molecule has 2 amide bonds. The van der Waals surface area contributed by atoms with Crippen LogP contribution in [0.15, 0.2) is 42.5 Å². The zero-order valence-corrected chi connectivity index (χ0v) is 28.0. The van der Waals surface area contributed by atoms with E-state index in [1.165, 1.54) is 12.1 Å². The Balaban J connectivity index is 1.56. The van der Waals surface area contributed by atoms with Gasteiger partial charge in [0.15, 0.2) is 0 Å². The van der Waals surface area contributed by atoms with Gasteiger partial charge in [-0.1, -0.05) is 37.6 Å². The first kappa shape index (κ1) is 35.0. The van der Waals surface area contributed by atoms with E-state index in [1.54, 1.807) is 19.0 Å². The molecule has 11 heteroatoms. The van der Waals surface area contributed by atoms with Gasteiger partial charge >= 0.3 is 6.18 Å². The van der Waals surface area contributed by atoms with Crippen LogP contribution in [-0.2, 0) is 15.8 Å². The Hall–Kier alpha value is -2.82. The van der Waals surface area contributed by atoms with Crippen LogP contribution in [0.1, 0.15) is 62.8 Å². The molecule has 2 saturated heterocycles. The van der Waals surface area contributed by atoms with Gasteiger partial charge in [0.25, 0.3) is 0 Å². The monoisotopic (exact) mass is 649 g/mol. The minimum absolute atomic E-state index is 0.0549. The van der Waals surface area contributed by atoms with Crippen molar-refractivity contribution in [2.75, 3.05) is 64.8 Å². The summed E-state index contributed by atoms with van der Waals surface area (Å²) in [4.78, 5) is 34.8. The highest BCUT2D eigenvalue weighted by Gasteiger charge is 2.42. The van der Waals surface area contributed by atoms with Gasteiger partial charge in [0.2, 0.25) is 11.8 Å². The maximum atomic E-state index is 14.0. The van der Waals surface area contributed by atoms with Crippen LogP contribution in [0.2, 0.25) is 5.02 Å². The van der Waals surface area contributed by atoms with Gasteiger partial charge in [0.05, 0.1) is 24.1 Å². The second-order valence-electron chi connectivity index (χ2n) is 13.4. The number of amides is 2. The molecule has 0 aromatic heterocycles. The van der Waals surface area contributed by atoms with Crippen LogP contribution < -0.4 is 10.2 Å². The largest absolute Gasteiger partial charge is 0.416 e. The van der Waals surface area contributed by atoms with E-state index < -0.39 is 17.8 Å². The van der Waals surface area contributed by atoms with Crippen LogP contribution in [0, 0.1) is 11.8 Å². The maximum absolute atomic E-state index is 14.0. The Morgan fingerprint density at radius 1 is 0.978 bits per heavy atom. The Morgan fingerprint density at radius 2 is 1.62 bits per heavy atom. The van der Waals surface area contributed by atoms with Crippen molar-refractivity contribution in [3.8, 4) is 0 Å². The molecule has 0 bridgehead atoms. The Bertz CT molecular complexity index is 1310. The predicted molar refractivity (Wildman–Crippen MR) is 174 cm³/mol. The van der Waals surface area contributed by atoms with Gasteiger partial charge in [0, 0.05) is 61.9 Å². The standard InChI is InChI=1S/C34H47ClF3N5O2/c1-22(2)17-30(39-32(44)21-40(5)6)27-18-25(34(36,37)38)9-12-31(27)41-13-15-42(16-14-41)33(45)29-20-43(23(3)4)19-28(29)24-7-10-26(35)11-8-24/h7-12,18,22-23,28-30H,13-17,19-21H2,1-6H3,(H,39,44)/t28-,29+,30-/m0/s1. The minimum Gasteiger partial charge on any atom is -0.368 e. The molecule has 0 aliphatic carbocycles. The number of nitrogens with one attached hydrogen (secondary N) is 1. The van der Waals surface area contributed by atoms with E-state index in [2.05, 4.69) is 29.0 Å². The Labute approximate surface area is 270 Å². The molecule has 0 spiro atoms. The molecule has 1 N–H and O–H groups in total. The number of halogens is 4. The molecule has 0 radical (unpaired) electrons. The van der Waals surface area contributed by atoms with Gasteiger partial charge in [-0.05, 0) is 81.7 Å². The number of piperazine rings is 1. The summed E-state index contributed by atoms with van der Waals surface area (Å²) in [6.45, 7) is 11.8. The van der Waals surface area contributed by atoms with E-state index >= 15 is 0 Å². The minimum atomic E-state index is -4.51. The van der Waals surface area contributed by atoms with Gasteiger partial charge < -0.3 is 20.0 Å². The normalized spacial score (nSPS) is 20.4. The van der Waals surface area contributed by atoms with Crippen LogP contribution in [0.3, 0.4) is 0 Å². The van der Waals surface area contributed by atoms with E-state index in [1.807, 2.05) is 43.0 Å². The third-order valence-corrected chi connectivity index (χ3v) is 9.11. The molecule has 2 fully saturated rings. The summed E-state index contributed by atoms with van der Waals surface area (Å²) in [5.74, 6) is -0.133. The lowest BCUT2D eigenvalue weighted by Crippen LogP contribution is -2.51. The fraction of sp³-hybridized carbons (Fsp3) is 0.588. The smallest absolute Gasteiger partial charge is 0.368 e. The number of hydrogen-bond acceptors (Lipinski definition) is 5. The molecule has 2 aromatic carbocycles. The number of likely N-dealkylation sites (N-methyl/N-ethyl adjacent to an activating group) is 1. The first-order chi connectivity index (χ1) is 21.1. The number of benzene rings is 2. The number of anilines is 1. The fourth-order valence-corrected chi connectivity index (χ4v) is 6.64. The number of nitrogens with zero attached hydrogens (tertiary/aromatic N) is 4. The molecule has 2 aliphatic heterocycles. The van der Waals surface area contributed by atoms with E-state index in [4.69, 9.17) is 11.6 Å². The second kappa shape index (κ2) is 14.7. The molecule has 3 atom stereocenters. The van der Waals surface area contributed by atoms with Crippen molar-refractivity contribution in [3.05, 3.63) is 64.2 Å². The lowest BCUT2D eigenvalue weighted by atomic mass is 9.88. The lowest BCUT2D eigenvalue weighted by Gasteiger charge is -2.39. The molecule has 45 heavy (non-hydrogen) atoms. The first-order valence-corrected chi connectivity index (χ1v) is 16.2. The molecular formula is C34H47ClF3N5O2. The predicted octanol–water partition coefficient (Wildman–Crippen LogP) is 5.90. The first-order valence-electron chi connectivity index (χ1n) is 15.8. The third-order valence-electron chi connectivity index (χ3n) is 8.86. The van der Waals surface area contributed by atoms with Gasteiger partial charge in [-0.3, -0.25) is 14.5 Å². The van der Waals surface area contributed by atoms with Crippen molar-refractivity contribution >= 4 is 29.1 Å². The van der Waals surface area contributed by atoms with Crippen LogP contribution >= 0.6 is 11.6 Å². The van der Waals surface area contributed by atoms with Crippen molar-refractivity contribution in [2.45, 2.75) is 58.3 Å². The number of rotatable bonds is 10. The van der Waals surface area contributed by atoms with Crippen molar-refractivity contribution in [3.63, 3.8) is 0 Å². The van der Waals surface area contributed by atoms with Gasteiger partial charge in [-0.25, -0.2) is 0 Å². The summed E-state index contributed by atoms with van der Waals surface area (Å²) in [7, 11) is 3.55. The molecule has 248 valence electrons. The molecule has 2 heterocycles. The average molecular weight is 650 g/mol. The van der Waals surface area contributed by atoms with Crippen molar-refractivity contribution in [1.82, 2.24) is 20.0 Å². The SMILES string of the molecule is CC(C)C[C@H](NC(=O)CN(C)C)c1cc(C(F)(F)F)ccc1N1CCN(C(=O)[C@@H]2CN(C(C)C)C[C@H]2c2ccc(Cl)cc2)CC1. The van der Waals surface area contributed by atoms with Crippen LogP contribution in [-0.4, -0.2) is 92.5 Å². The molecule has 2 aromatic rings. The summed E-state index contributed by atoms with van der Waals surface area (Å²) >= 11 is 6.14. The van der Waals surface area contributed by atoms with E-state index in [-0.39, 0.29) is 36.1 Å². The summed E-state index contributed by atoms with van der Waals surface area (Å²) in [6, 6.07) is 11.3. The number of likely N-dealkylation sites (tertiary alicyclic amines) is 1. The molecule has 0 saturated carbocycles. The van der Waals surface area contributed by atoms with Gasteiger partial charge in [-0.2, -0.15) is 13.2 Å². The molecule has 7 nitrogen and oxygen atoms in total. The van der Waals surface area contributed by atoms with Gasteiger partial charge in [0.1, 0.15) is 0 Å². The van der Waals surface area contributed by atoms with Crippen LogP contribution in [0.5, 0.6) is 0 Å². The Kier molecular flexibility index (Phi) is 11.5. The number of alkyl halides is 3. The average Bonchev–Trinajstić information content (AvgIpc) is 3.41. The molecular weight excluding hydrogens is 603 g/mol. The quantitative estimate of drug-likeness (QED) is 0.348. The summed E-state index contributed by atoms with van der Waals surface area (Å²) in [5.41, 5.74) is 1.48. The van der Waals surface area contributed by atoms with Gasteiger partial charge in [-0.15, -0.1) is 0 Å². The summed E-state index contributed by atoms with van der Waals surface area (Å²) in [5, 5.41) is 3.66. The number of carbonyl (C=O) groups is 2. The van der Waals surface area contributed by atoms with E-state index in [9.17, 15) is 22.8 Å². The highest BCUT2D eigenvalue weighted by atomic mass is 35.5. The molecule has 4 rings (SSSR count). The summed E-state index contributed by atoms with van der Waals surface area (Å²) < 4.78 is 41.6. The zero-order valence-electron chi connectivity index (χ0n) is 27.2. The van der Waals surface area contributed by atoms with Crippen molar-refractivity contribution < 1.29 is 22.8 Å². The highest BCUT2D eigenvalue weighted by molar-refractivity contribution is 6.30. The Morgan fingerprint density at radius 3 is 2.18 bits per heavy atom. The highest BCUT2D eigenvalue weighted by Crippen LogP contribution is 2.39. The fourth-order valence-electron chi connectivity index (χ4n) is 6.52. The summed E-state index contributed by atoms with van der Waals surface area (Å²) in [6.07, 6.45) is -4.02. The van der Waals surface area contributed by atoms with E-state index in [0.717, 1.165) is 18.2 Å². The lowest BCUT2D eigenvalue weighted by molar-refractivity contribution is -0.138. The van der Waals surface area contributed by atoms with Crippen molar-refractivity contribution in [2.24, 2.45) is 11.8 Å². The molecule has 0 unspecified atom stereocenters. The second-order valence-corrected chi connectivity index (χ2v) is 13.8. The van der Waals surface area contributed by atoms with Crippen LogP contribution in [0.4, 0.5) is 18.9 Å². The topological polar surface area (TPSA) is 59.1 Å². The molecule has 2 aliphatic rings.